The molecule has 0 fully saturated rings. The van der Waals surface area contributed by atoms with Crippen LogP contribution in [0.2, 0.25) is 5.02 Å². The van der Waals surface area contributed by atoms with E-state index in [0.29, 0.717) is 23.5 Å². The van der Waals surface area contributed by atoms with Crippen molar-refractivity contribution in [3.8, 4) is 0 Å². The van der Waals surface area contributed by atoms with Gasteiger partial charge in [0.15, 0.2) is 0 Å². The lowest BCUT2D eigenvalue weighted by Gasteiger charge is -2.18. The zero-order valence-electron chi connectivity index (χ0n) is 17.5. The van der Waals surface area contributed by atoms with Gasteiger partial charge in [-0.3, -0.25) is 19.7 Å². The van der Waals surface area contributed by atoms with Crippen LogP contribution in [0, 0.1) is 10.1 Å². The van der Waals surface area contributed by atoms with E-state index in [1.54, 1.807) is 23.1 Å². The lowest BCUT2D eigenvalue weighted by atomic mass is 10.1. The second-order valence-electron chi connectivity index (χ2n) is 7.17. The van der Waals surface area contributed by atoms with Gasteiger partial charge in [0.05, 0.1) is 21.1 Å². The molecule has 164 valence electrons. The fourth-order valence-corrected chi connectivity index (χ4v) is 3.32. The van der Waals surface area contributed by atoms with E-state index in [4.69, 9.17) is 11.6 Å². The van der Waals surface area contributed by atoms with Gasteiger partial charge in [0.25, 0.3) is 17.5 Å². The van der Waals surface area contributed by atoms with E-state index in [-0.39, 0.29) is 22.2 Å². The van der Waals surface area contributed by atoms with Gasteiger partial charge >= 0.3 is 0 Å². The third-order valence-electron chi connectivity index (χ3n) is 4.68. The molecule has 0 atom stereocenters. The van der Waals surface area contributed by atoms with Crippen molar-refractivity contribution in [3.63, 3.8) is 0 Å². The third-order valence-corrected chi connectivity index (χ3v) is 5.00. The van der Waals surface area contributed by atoms with Crippen LogP contribution in [-0.2, 0) is 6.54 Å². The van der Waals surface area contributed by atoms with Gasteiger partial charge in [-0.05, 0) is 29.8 Å². The Kier molecular flexibility index (Phi) is 7.07. The molecule has 0 aliphatic heterocycles. The van der Waals surface area contributed by atoms with E-state index in [1.807, 2.05) is 44.4 Å². The number of amides is 2. The molecule has 32 heavy (non-hydrogen) atoms. The number of rotatable bonds is 7. The Morgan fingerprint density at radius 1 is 0.969 bits per heavy atom. The largest absolute Gasteiger partial charge is 0.377 e. The predicted molar refractivity (Wildman–Crippen MR) is 124 cm³/mol. The van der Waals surface area contributed by atoms with Crippen molar-refractivity contribution < 1.29 is 14.5 Å². The fraction of sp³-hybridized carbons (Fsp3) is 0.130. The van der Waals surface area contributed by atoms with E-state index in [2.05, 4.69) is 10.6 Å². The molecule has 8 nitrogen and oxygen atoms in total. The van der Waals surface area contributed by atoms with Crippen molar-refractivity contribution in [2.75, 3.05) is 24.3 Å². The lowest BCUT2D eigenvalue weighted by Crippen LogP contribution is -2.25. The number of halogens is 1. The van der Waals surface area contributed by atoms with Gasteiger partial charge in [-0.25, -0.2) is 0 Å². The highest BCUT2D eigenvalue weighted by Gasteiger charge is 2.18. The molecule has 2 N–H and O–H groups in total. The summed E-state index contributed by atoms with van der Waals surface area (Å²) in [6, 6.07) is 18.1. The second kappa shape index (κ2) is 9.93. The van der Waals surface area contributed by atoms with Crippen LogP contribution < -0.4 is 15.5 Å². The highest BCUT2D eigenvalue weighted by atomic mass is 35.5. The highest BCUT2D eigenvalue weighted by molar-refractivity contribution is 6.34. The summed E-state index contributed by atoms with van der Waals surface area (Å²) in [5.74, 6) is -0.833. The van der Waals surface area contributed by atoms with E-state index >= 15 is 0 Å². The Balaban J connectivity index is 1.81. The molecule has 0 spiro atoms. The predicted octanol–water partition coefficient (Wildman–Crippen LogP) is 4.50. The van der Waals surface area contributed by atoms with Gasteiger partial charge < -0.3 is 15.5 Å². The molecule has 0 saturated heterocycles. The Morgan fingerprint density at radius 2 is 1.69 bits per heavy atom. The molecule has 3 aromatic rings. The maximum atomic E-state index is 12.9. The smallest absolute Gasteiger partial charge is 0.270 e. The molecule has 0 aliphatic rings. The van der Waals surface area contributed by atoms with Crippen LogP contribution in [0.15, 0.2) is 66.7 Å². The second-order valence-corrected chi connectivity index (χ2v) is 7.58. The van der Waals surface area contributed by atoms with E-state index in [9.17, 15) is 19.7 Å². The SMILES string of the molecule is CN(C)c1ccc(NC(=O)c2ccc([N+](=O)[O-])cc2Cl)cc1C(=O)NCc1ccccc1. The molecule has 0 bridgehead atoms. The standard InChI is InChI=1S/C23H21ClN4O4/c1-27(2)21-11-8-16(12-19(21)22(29)25-14-15-6-4-3-5-7-15)26-23(30)18-10-9-17(28(31)32)13-20(18)24/h3-13H,14H2,1-2H3,(H,25,29)(H,26,30). The van der Waals surface area contributed by atoms with Crippen LogP contribution in [0.25, 0.3) is 0 Å². The summed E-state index contributed by atoms with van der Waals surface area (Å²) in [5.41, 5.74) is 2.30. The molecular formula is C23H21ClN4O4. The Morgan fingerprint density at radius 3 is 2.31 bits per heavy atom. The molecular weight excluding hydrogens is 432 g/mol. The molecule has 0 aliphatic carbocycles. The van der Waals surface area contributed by atoms with Crippen molar-refractivity contribution in [1.29, 1.82) is 0 Å². The zero-order chi connectivity index (χ0) is 23.3. The van der Waals surface area contributed by atoms with Crippen LogP contribution in [0.3, 0.4) is 0 Å². The summed E-state index contributed by atoms with van der Waals surface area (Å²) < 4.78 is 0. The molecule has 0 heterocycles. The number of carbonyl (C=O) groups excluding carboxylic acids is 2. The zero-order valence-corrected chi connectivity index (χ0v) is 18.2. The molecule has 3 aromatic carbocycles. The van der Waals surface area contributed by atoms with Crippen LogP contribution in [-0.4, -0.2) is 30.8 Å². The van der Waals surface area contributed by atoms with Gasteiger partial charge in [0, 0.05) is 44.1 Å². The van der Waals surface area contributed by atoms with Gasteiger partial charge in [-0.15, -0.1) is 0 Å². The first-order valence-electron chi connectivity index (χ1n) is 9.65. The number of non-ortho nitro benzene ring substituents is 1. The average Bonchev–Trinajstić information content (AvgIpc) is 2.77. The minimum absolute atomic E-state index is 0.0394. The van der Waals surface area contributed by atoms with Crippen molar-refractivity contribution in [3.05, 3.63) is 98.6 Å². The van der Waals surface area contributed by atoms with Crippen LogP contribution in [0.1, 0.15) is 26.3 Å². The number of nitrogens with zero attached hydrogens (tertiary/aromatic N) is 2. The third kappa shape index (κ3) is 5.41. The van der Waals surface area contributed by atoms with E-state index in [1.165, 1.54) is 12.1 Å². The van der Waals surface area contributed by atoms with Gasteiger partial charge in [-0.2, -0.15) is 0 Å². The van der Waals surface area contributed by atoms with Crippen LogP contribution in [0.4, 0.5) is 17.1 Å². The van der Waals surface area contributed by atoms with Gasteiger partial charge in [0.1, 0.15) is 0 Å². The number of benzene rings is 3. The quantitative estimate of drug-likeness (QED) is 0.405. The Bertz CT molecular complexity index is 1170. The van der Waals surface area contributed by atoms with Gasteiger partial charge in [-0.1, -0.05) is 41.9 Å². The minimum Gasteiger partial charge on any atom is -0.377 e. The summed E-state index contributed by atoms with van der Waals surface area (Å²) in [4.78, 5) is 37.6. The summed E-state index contributed by atoms with van der Waals surface area (Å²) in [7, 11) is 3.64. The van der Waals surface area contributed by atoms with E-state index < -0.39 is 10.8 Å². The number of nitrogens with one attached hydrogen (secondary N) is 2. The summed E-state index contributed by atoms with van der Waals surface area (Å²) in [6.45, 7) is 0.363. The minimum atomic E-state index is -0.589. The maximum Gasteiger partial charge on any atom is 0.270 e. The topological polar surface area (TPSA) is 105 Å². The van der Waals surface area contributed by atoms with Crippen molar-refractivity contribution >= 4 is 40.5 Å². The Hall–Kier alpha value is -3.91. The fourth-order valence-electron chi connectivity index (χ4n) is 3.06. The summed E-state index contributed by atoms with van der Waals surface area (Å²) in [6.07, 6.45) is 0. The number of hydrogen-bond donors (Lipinski definition) is 2. The first kappa shape index (κ1) is 22.8. The normalized spacial score (nSPS) is 10.3. The van der Waals surface area contributed by atoms with E-state index in [0.717, 1.165) is 11.6 Å². The highest BCUT2D eigenvalue weighted by Crippen LogP contribution is 2.26. The summed E-state index contributed by atoms with van der Waals surface area (Å²) in [5, 5.41) is 16.4. The van der Waals surface area contributed by atoms with Crippen molar-refractivity contribution in [2.24, 2.45) is 0 Å². The maximum absolute atomic E-state index is 12.9. The first-order valence-corrected chi connectivity index (χ1v) is 10.0. The molecule has 0 unspecified atom stereocenters. The number of anilines is 2. The van der Waals surface area contributed by atoms with Crippen LogP contribution in [0.5, 0.6) is 0 Å². The monoisotopic (exact) mass is 452 g/mol. The number of carbonyl (C=O) groups is 2. The first-order chi connectivity index (χ1) is 15.3. The molecule has 3 rings (SSSR count). The molecule has 0 radical (unpaired) electrons. The van der Waals surface area contributed by atoms with Gasteiger partial charge in [0.2, 0.25) is 0 Å². The average molecular weight is 453 g/mol. The summed E-state index contributed by atoms with van der Waals surface area (Å²) >= 11 is 6.05. The number of nitro groups is 1. The lowest BCUT2D eigenvalue weighted by molar-refractivity contribution is -0.384. The number of hydrogen-bond acceptors (Lipinski definition) is 5. The molecule has 0 aromatic heterocycles. The van der Waals surface area contributed by atoms with Crippen molar-refractivity contribution in [2.45, 2.75) is 6.54 Å². The molecule has 2 amide bonds. The molecule has 0 saturated carbocycles. The molecule has 9 heteroatoms. The van der Waals surface area contributed by atoms with Crippen molar-refractivity contribution in [1.82, 2.24) is 5.32 Å². The number of nitro benzene ring substituents is 1. The Labute approximate surface area is 190 Å². The van der Waals surface area contributed by atoms with Crippen LogP contribution >= 0.6 is 11.6 Å².